The van der Waals surface area contributed by atoms with Gasteiger partial charge in [0, 0.05) is 0 Å². The van der Waals surface area contributed by atoms with Crippen LogP contribution in [0.3, 0.4) is 0 Å². The second-order valence-electron chi connectivity index (χ2n) is 2.03. The Hall–Kier alpha value is 0.430. The third-order valence-electron chi connectivity index (χ3n) is 1.56. The molecule has 0 saturated heterocycles. The van der Waals surface area contributed by atoms with Crippen molar-refractivity contribution in [3.8, 4) is 0 Å². The van der Waals surface area contributed by atoms with E-state index in [4.69, 9.17) is 0 Å². The molecular weight excluding hydrogens is 91.0 g/mol. The molecule has 0 spiro atoms. The first kappa shape index (κ1) is 4.59. The van der Waals surface area contributed by atoms with Crippen molar-refractivity contribution in [1.29, 1.82) is 0 Å². The van der Waals surface area contributed by atoms with Crippen LogP contribution in [0.25, 0.3) is 0 Å². The topological polar surface area (TPSA) is 0 Å². The summed E-state index contributed by atoms with van der Waals surface area (Å²) < 4.78 is 0. The van der Waals surface area contributed by atoms with Gasteiger partial charge in [0.1, 0.15) is 0 Å². The van der Waals surface area contributed by atoms with Crippen LogP contribution in [-0.2, 0) is 0 Å². The zero-order chi connectivity index (χ0) is 4.41. The highest BCUT2D eigenvalue weighted by Gasteiger charge is 2.13. The predicted molar refractivity (Wildman–Crippen MR) is 31.9 cm³/mol. The van der Waals surface area contributed by atoms with Crippen molar-refractivity contribution < 1.29 is 0 Å². The molecule has 0 amide bonds. The summed E-state index contributed by atoms with van der Waals surface area (Å²) >= 11 is 0. The van der Waals surface area contributed by atoms with Gasteiger partial charge in [0.25, 0.3) is 0 Å². The Kier molecular flexibility index (Phi) is 1.48. The molecule has 36 valence electrons. The standard InChI is InChI=1S/C5H11P/c6-4-5-2-1-3-5/h5H,1-4,6H2. The number of rotatable bonds is 1. The lowest BCUT2D eigenvalue weighted by Gasteiger charge is -2.22. The molecule has 0 radical (unpaired) electrons. The summed E-state index contributed by atoms with van der Waals surface area (Å²) in [7, 11) is 2.79. The van der Waals surface area contributed by atoms with Gasteiger partial charge in [0.15, 0.2) is 0 Å². The summed E-state index contributed by atoms with van der Waals surface area (Å²) in [5.41, 5.74) is 0. The van der Waals surface area contributed by atoms with E-state index in [0.29, 0.717) is 0 Å². The smallest absolute Gasteiger partial charge is 0.0353 e. The Morgan fingerprint density at radius 2 is 2.17 bits per heavy atom. The fourth-order valence-corrected chi connectivity index (χ4v) is 1.20. The van der Waals surface area contributed by atoms with Crippen LogP contribution >= 0.6 is 9.24 Å². The normalized spacial score (nSPS) is 23.5. The van der Waals surface area contributed by atoms with Gasteiger partial charge in [-0.1, -0.05) is 19.3 Å². The van der Waals surface area contributed by atoms with Gasteiger partial charge in [-0.3, -0.25) is 0 Å². The van der Waals surface area contributed by atoms with E-state index in [2.05, 4.69) is 9.24 Å². The van der Waals surface area contributed by atoms with E-state index >= 15 is 0 Å². The summed E-state index contributed by atoms with van der Waals surface area (Å²) in [5.74, 6) is 1.08. The van der Waals surface area contributed by atoms with E-state index in [1.807, 2.05) is 0 Å². The Balaban J connectivity index is 2.01. The van der Waals surface area contributed by atoms with E-state index in [-0.39, 0.29) is 0 Å². The van der Waals surface area contributed by atoms with Crippen molar-refractivity contribution in [3.05, 3.63) is 0 Å². The quantitative estimate of drug-likeness (QED) is 0.442. The molecule has 6 heavy (non-hydrogen) atoms. The first-order valence-electron chi connectivity index (χ1n) is 2.63. The fourth-order valence-electron chi connectivity index (χ4n) is 0.729. The average molecular weight is 102 g/mol. The lowest BCUT2D eigenvalue weighted by molar-refractivity contribution is 0.353. The molecule has 1 aliphatic carbocycles. The zero-order valence-electron chi connectivity index (χ0n) is 3.98. The minimum absolute atomic E-state index is 1.08. The molecular formula is C5H11P. The molecule has 0 aromatic carbocycles. The molecule has 1 fully saturated rings. The molecule has 1 aliphatic rings. The van der Waals surface area contributed by atoms with Crippen molar-refractivity contribution in [3.63, 3.8) is 0 Å². The molecule has 0 N–H and O–H groups in total. The highest BCUT2D eigenvalue weighted by atomic mass is 31.0. The van der Waals surface area contributed by atoms with Gasteiger partial charge in [-0.05, 0) is 12.1 Å². The number of hydrogen-bond donors (Lipinski definition) is 0. The van der Waals surface area contributed by atoms with Crippen LogP contribution in [0.5, 0.6) is 0 Å². The van der Waals surface area contributed by atoms with Crippen molar-refractivity contribution in [1.82, 2.24) is 0 Å². The van der Waals surface area contributed by atoms with Gasteiger partial charge in [0.05, 0.1) is 0 Å². The molecule has 1 atom stereocenters. The molecule has 0 heterocycles. The maximum absolute atomic E-state index is 2.79. The van der Waals surface area contributed by atoms with Crippen LogP contribution in [0, 0.1) is 5.92 Å². The van der Waals surface area contributed by atoms with Gasteiger partial charge in [-0.25, -0.2) is 0 Å². The molecule has 1 rings (SSSR count). The highest BCUT2D eigenvalue weighted by molar-refractivity contribution is 7.16. The highest BCUT2D eigenvalue weighted by Crippen LogP contribution is 2.27. The SMILES string of the molecule is PCC1CCC1. The van der Waals surface area contributed by atoms with Gasteiger partial charge in [-0.15, -0.1) is 9.24 Å². The summed E-state index contributed by atoms with van der Waals surface area (Å²) in [6.07, 6.45) is 5.80. The van der Waals surface area contributed by atoms with Crippen LogP contribution in [0.15, 0.2) is 0 Å². The summed E-state index contributed by atoms with van der Waals surface area (Å²) in [5, 5.41) is 0. The van der Waals surface area contributed by atoms with Crippen LogP contribution in [0.1, 0.15) is 19.3 Å². The molecule has 0 bridgehead atoms. The second kappa shape index (κ2) is 1.93. The molecule has 1 heteroatoms. The molecule has 0 aliphatic heterocycles. The molecule has 0 nitrogen and oxygen atoms in total. The maximum Gasteiger partial charge on any atom is -0.0353 e. The summed E-state index contributed by atoms with van der Waals surface area (Å²) in [6.45, 7) is 0. The van der Waals surface area contributed by atoms with Gasteiger partial charge >= 0.3 is 0 Å². The van der Waals surface area contributed by atoms with E-state index in [9.17, 15) is 0 Å². The fraction of sp³-hybridized carbons (Fsp3) is 1.00. The molecule has 0 aromatic heterocycles. The van der Waals surface area contributed by atoms with Gasteiger partial charge in [0.2, 0.25) is 0 Å². The Morgan fingerprint density at radius 3 is 2.17 bits per heavy atom. The molecule has 1 unspecified atom stereocenters. The maximum atomic E-state index is 2.79. The van der Waals surface area contributed by atoms with E-state index in [0.717, 1.165) is 5.92 Å². The molecule has 0 aromatic rings. The third kappa shape index (κ3) is 0.733. The average Bonchev–Trinajstić information content (AvgIpc) is 1.31. The Bertz CT molecular complexity index is 36.4. The summed E-state index contributed by atoms with van der Waals surface area (Å²) in [4.78, 5) is 0. The first-order valence-corrected chi connectivity index (χ1v) is 3.45. The van der Waals surface area contributed by atoms with Crippen molar-refractivity contribution in [2.75, 3.05) is 6.16 Å². The largest absolute Gasteiger partial charge is 0.137 e. The second-order valence-corrected chi connectivity index (χ2v) is 2.50. The van der Waals surface area contributed by atoms with Crippen LogP contribution in [0.2, 0.25) is 0 Å². The van der Waals surface area contributed by atoms with Crippen LogP contribution < -0.4 is 0 Å². The lowest BCUT2D eigenvalue weighted by Crippen LogP contribution is -2.11. The van der Waals surface area contributed by atoms with Crippen LogP contribution in [-0.4, -0.2) is 6.16 Å². The van der Waals surface area contributed by atoms with E-state index < -0.39 is 0 Å². The van der Waals surface area contributed by atoms with Crippen molar-refractivity contribution in [2.24, 2.45) is 5.92 Å². The molecule has 1 saturated carbocycles. The predicted octanol–water partition coefficient (Wildman–Crippen LogP) is 1.66. The third-order valence-corrected chi connectivity index (χ3v) is 2.22. The monoisotopic (exact) mass is 102 g/mol. The van der Waals surface area contributed by atoms with Crippen LogP contribution in [0.4, 0.5) is 0 Å². The minimum atomic E-state index is 1.08. The zero-order valence-corrected chi connectivity index (χ0v) is 5.14. The number of hydrogen-bond acceptors (Lipinski definition) is 0. The van der Waals surface area contributed by atoms with Gasteiger partial charge < -0.3 is 0 Å². The van der Waals surface area contributed by atoms with Crippen molar-refractivity contribution in [2.45, 2.75) is 19.3 Å². The minimum Gasteiger partial charge on any atom is -0.137 e. The Morgan fingerprint density at radius 1 is 1.50 bits per heavy atom. The Labute approximate surface area is 41.5 Å². The van der Waals surface area contributed by atoms with E-state index in [1.165, 1.54) is 25.4 Å². The first-order chi connectivity index (χ1) is 2.93. The lowest BCUT2D eigenvalue weighted by atomic mass is 9.87. The van der Waals surface area contributed by atoms with Gasteiger partial charge in [-0.2, -0.15) is 0 Å². The van der Waals surface area contributed by atoms with E-state index in [1.54, 1.807) is 0 Å². The van der Waals surface area contributed by atoms with Crippen molar-refractivity contribution >= 4 is 9.24 Å². The summed E-state index contributed by atoms with van der Waals surface area (Å²) in [6, 6.07) is 0.